The third-order valence-corrected chi connectivity index (χ3v) is 6.59. The smallest absolute Gasteiger partial charge is 0.342 e. The van der Waals surface area contributed by atoms with Crippen molar-refractivity contribution in [1.29, 1.82) is 0 Å². The molecule has 3 atom stereocenters. The van der Waals surface area contributed by atoms with Crippen molar-refractivity contribution in [2.45, 2.75) is 59.4 Å². The van der Waals surface area contributed by atoms with E-state index in [1.54, 1.807) is 62.9 Å². The van der Waals surface area contributed by atoms with Gasteiger partial charge in [0.2, 0.25) is 0 Å². The molecule has 1 aromatic carbocycles. The summed E-state index contributed by atoms with van der Waals surface area (Å²) in [5.74, 6) is -0.740. The Labute approximate surface area is 226 Å². The van der Waals surface area contributed by atoms with Crippen LogP contribution in [-0.2, 0) is 30.2 Å². The SMILES string of the molecule is C/C=C/C(=O)O.CC(C)OC(=O)[C@H](C)N[P@@](=O)(CO[C@H](C)Cn1cnc2c(N)ncnc21)Oc1ccccc1. The van der Waals surface area contributed by atoms with E-state index in [4.69, 9.17) is 24.8 Å². The van der Waals surface area contributed by atoms with Crippen LogP contribution < -0.4 is 15.3 Å². The summed E-state index contributed by atoms with van der Waals surface area (Å²) in [6, 6.07) is 7.83. The first-order chi connectivity index (χ1) is 18.4. The summed E-state index contributed by atoms with van der Waals surface area (Å²) in [7, 11) is -3.64. The van der Waals surface area contributed by atoms with E-state index in [0.717, 1.165) is 6.08 Å². The van der Waals surface area contributed by atoms with Gasteiger partial charge in [-0.3, -0.25) is 9.36 Å². The molecule has 0 aliphatic carbocycles. The van der Waals surface area contributed by atoms with E-state index in [1.807, 2.05) is 13.0 Å². The largest absolute Gasteiger partial charge is 0.478 e. The maximum absolute atomic E-state index is 13.6. The number of nitrogens with one attached hydrogen (secondary N) is 1. The summed E-state index contributed by atoms with van der Waals surface area (Å²) < 4.78 is 32.2. The van der Waals surface area contributed by atoms with E-state index >= 15 is 0 Å². The van der Waals surface area contributed by atoms with Crippen LogP contribution >= 0.6 is 7.52 Å². The van der Waals surface area contributed by atoms with Crippen molar-refractivity contribution < 1.29 is 33.3 Å². The van der Waals surface area contributed by atoms with Crippen LogP contribution in [0.3, 0.4) is 0 Å². The van der Waals surface area contributed by atoms with Crippen LogP contribution in [0.1, 0.15) is 34.6 Å². The van der Waals surface area contributed by atoms with Crippen molar-refractivity contribution in [3.8, 4) is 5.75 Å². The molecule has 0 unspecified atom stereocenters. The highest BCUT2D eigenvalue weighted by Gasteiger charge is 2.32. The van der Waals surface area contributed by atoms with E-state index in [9.17, 15) is 14.2 Å². The molecule has 2 heterocycles. The fourth-order valence-corrected chi connectivity index (χ4v) is 4.94. The number of aliphatic carboxylic acids is 1. The number of nitrogen functional groups attached to an aromatic ring is 1. The quantitative estimate of drug-likeness (QED) is 0.166. The Hall–Kier alpha value is -3.80. The van der Waals surface area contributed by atoms with E-state index < -0.39 is 25.5 Å². The number of ether oxygens (including phenoxy) is 2. The Balaban J connectivity index is 0.000000798. The average Bonchev–Trinajstić information content (AvgIpc) is 3.27. The lowest BCUT2D eigenvalue weighted by molar-refractivity contribution is -0.149. The fourth-order valence-electron chi connectivity index (χ4n) is 3.15. The highest BCUT2D eigenvalue weighted by atomic mass is 31.2. The molecule has 0 aliphatic rings. The molecular weight excluding hydrogens is 527 g/mol. The number of hydrogen-bond acceptors (Lipinski definition) is 10. The molecule has 0 amide bonds. The molecule has 212 valence electrons. The van der Waals surface area contributed by atoms with E-state index in [2.05, 4.69) is 20.0 Å². The summed E-state index contributed by atoms with van der Waals surface area (Å²) in [5, 5.41) is 10.6. The van der Waals surface area contributed by atoms with Gasteiger partial charge < -0.3 is 29.4 Å². The van der Waals surface area contributed by atoms with E-state index in [-0.39, 0.29) is 18.6 Å². The number of carboxylic acids is 1. The highest BCUT2D eigenvalue weighted by molar-refractivity contribution is 7.57. The topological polar surface area (TPSA) is 181 Å². The van der Waals surface area contributed by atoms with E-state index in [1.165, 1.54) is 12.4 Å². The van der Waals surface area contributed by atoms with Gasteiger partial charge in [0.05, 0.1) is 25.1 Å². The van der Waals surface area contributed by atoms with Crippen molar-refractivity contribution in [1.82, 2.24) is 24.6 Å². The Morgan fingerprint density at radius 1 is 1.15 bits per heavy atom. The number of aromatic nitrogens is 4. The van der Waals surface area contributed by atoms with Gasteiger partial charge >= 0.3 is 19.5 Å². The molecule has 3 rings (SSSR count). The summed E-state index contributed by atoms with van der Waals surface area (Å²) in [4.78, 5) is 34.1. The number of carbonyl (C=O) groups is 2. The number of nitrogens with two attached hydrogens (primary N) is 1. The maximum atomic E-state index is 13.6. The van der Waals surface area contributed by atoms with Crippen molar-refractivity contribution in [2.24, 2.45) is 0 Å². The number of fused-ring (bicyclic) bond motifs is 1. The third-order valence-electron chi connectivity index (χ3n) is 4.81. The minimum atomic E-state index is -3.64. The van der Waals surface area contributed by atoms with Gasteiger partial charge in [-0.2, -0.15) is 0 Å². The molecule has 4 N–H and O–H groups in total. The average molecular weight is 563 g/mol. The lowest BCUT2D eigenvalue weighted by Crippen LogP contribution is -2.37. The summed E-state index contributed by atoms with van der Waals surface area (Å²) in [6.45, 7) is 8.91. The van der Waals surface area contributed by atoms with Crippen LogP contribution in [0, 0.1) is 0 Å². The molecule has 0 bridgehead atoms. The zero-order chi connectivity index (χ0) is 29.0. The van der Waals surface area contributed by atoms with Crippen molar-refractivity contribution in [2.75, 3.05) is 12.1 Å². The van der Waals surface area contributed by atoms with Gasteiger partial charge in [0.15, 0.2) is 11.5 Å². The van der Waals surface area contributed by atoms with Crippen molar-refractivity contribution in [3.63, 3.8) is 0 Å². The number of hydrogen-bond donors (Lipinski definition) is 3. The van der Waals surface area contributed by atoms with Gasteiger partial charge in [-0.25, -0.2) is 24.8 Å². The van der Waals surface area contributed by atoms with Gasteiger partial charge in [0, 0.05) is 6.08 Å². The van der Waals surface area contributed by atoms with Crippen LogP contribution in [0.2, 0.25) is 0 Å². The van der Waals surface area contributed by atoms with Crippen molar-refractivity contribution in [3.05, 3.63) is 55.1 Å². The number of nitrogens with zero attached hydrogens (tertiary/aromatic N) is 4. The Morgan fingerprint density at radius 2 is 1.85 bits per heavy atom. The second-order valence-electron chi connectivity index (χ2n) is 8.69. The Bertz CT molecular complexity index is 1300. The molecule has 0 spiro atoms. The standard InChI is InChI=1S/C21H29N6O5P.C4H6O2/c1-14(2)31-21(28)16(4)26-33(29,32-17-8-6-5-7-9-17)13-30-15(3)10-27-12-25-18-19(22)23-11-24-20(18)27;1-2-3-4(5)6/h5-9,11-12,14-16H,10,13H2,1-4H3,(H,26,29)(H2,22,23,24);2-3H,1H3,(H,5,6)/b;3-2+/t15-,16+,33-;/m1./s1. The molecular formula is C25H35N6O7P. The monoisotopic (exact) mass is 562 g/mol. The van der Waals surface area contributed by atoms with Gasteiger partial charge in [0.25, 0.3) is 0 Å². The molecule has 13 nitrogen and oxygen atoms in total. The zero-order valence-electron chi connectivity index (χ0n) is 22.6. The summed E-state index contributed by atoms with van der Waals surface area (Å²) in [6.07, 6.45) is 4.57. The predicted molar refractivity (Wildman–Crippen MR) is 146 cm³/mol. The van der Waals surface area contributed by atoms with Gasteiger partial charge in [0.1, 0.15) is 30.0 Å². The first kappa shape index (κ1) is 31.4. The molecule has 39 heavy (non-hydrogen) atoms. The third kappa shape index (κ3) is 10.5. The Morgan fingerprint density at radius 3 is 2.44 bits per heavy atom. The normalized spacial score (nSPS) is 14.3. The molecule has 3 aromatic rings. The molecule has 0 aliphatic heterocycles. The molecule has 0 saturated heterocycles. The molecule has 2 aromatic heterocycles. The van der Waals surface area contributed by atoms with E-state index in [0.29, 0.717) is 29.3 Å². The van der Waals surface area contributed by atoms with Crippen LogP contribution in [-0.4, -0.2) is 61.2 Å². The molecule has 14 heteroatoms. The number of carboxylic acid groups (broad SMARTS) is 1. The minimum Gasteiger partial charge on any atom is -0.478 e. The maximum Gasteiger partial charge on any atom is 0.342 e. The lowest BCUT2D eigenvalue weighted by atomic mass is 10.3. The highest BCUT2D eigenvalue weighted by Crippen LogP contribution is 2.44. The van der Waals surface area contributed by atoms with Gasteiger partial charge in [-0.05, 0) is 46.8 Å². The van der Waals surface area contributed by atoms with Gasteiger partial charge in [-0.15, -0.1) is 0 Å². The molecule has 0 radical (unpaired) electrons. The van der Waals surface area contributed by atoms with Crippen LogP contribution in [0.15, 0.2) is 55.1 Å². The lowest BCUT2D eigenvalue weighted by Gasteiger charge is -2.25. The predicted octanol–water partition coefficient (Wildman–Crippen LogP) is 3.62. The second kappa shape index (κ2) is 15.0. The number of anilines is 1. The summed E-state index contributed by atoms with van der Waals surface area (Å²) >= 11 is 0. The zero-order valence-corrected chi connectivity index (χ0v) is 23.4. The first-order valence-corrected chi connectivity index (χ1v) is 14.0. The van der Waals surface area contributed by atoms with Crippen molar-refractivity contribution >= 4 is 36.4 Å². The van der Waals surface area contributed by atoms with Crippen LogP contribution in [0.4, 0.5) is 5.82 Å². The second-order valence-corrected chi connectivity index (χ2v) is 10.7. The molecule has 0 fully saturated rings. The van der Waals surface area contributed by atoms with Crippen LogP contribution in [0.25, 0.3) is 11.2 Å². The minimum absolute atomic E-state index is 0.272. The number of para-hydroxylation sites is 1. The number of benzene rings is 1. The fraction of sp³-hybridized carbons (Fsp3) is 0.400. The number of imidazole rings is 1. The first-order valence-electron chi connectivity index (χ1n) is 12.1. The number of carbonyl (C=O) groups excluding carboxylic acids is 1. The Kier molecular flexibility index (Phi) is 12.1. The summed E-state index contributed by atoms with van der Waals surface area (Å²) in [5.41, 5.74) is 6.91. The number of esters is 1. The number of allylic oxidation sites excluding steroid dienone is 1. The van der Waals surface area contributed by atoms with Crippen LogP contribution in [0.5, 0.6) is 5.75 Å². The number of rotatable bonds is 12. The molecule has 0 saturated carbocycles. The van der Waals surface area contributed by atoms with Gasteiger partial charge in [-0.1, -0.05) is 24.3 Å².